The van der Waals surface area contributed by atoms with E-state index in [1.807, 2.05) is 0 Å². The van der Waals surface area contributed by atoms with Crippen LogP contribution in [0, 0.1) is 11.3 Å². The van der Waals surface area contributed by atoms with E-state index >= 15 is 0 Å². The smallest absolute Gasteiger partial charge is 0.306 e. The largest absolute Gasteiger partial charge is 0.469 e. The zero-order valence-corrected chi connectivity index (χ0v) is 7.59. The molecule has 3 aliphatic carbocycles. The topological polar surface area (TPSA) is 52.3 Å². The van der Waals surface area contributed by atoms with Gasteiger partial charge in [0.25, 0.3) is 0 Å². The van der Waals surface area contributed by atoms with Crippen molar-refractivity contribution in [2.24, 2.45) is 17.1 Å². The van der Waals surface area contributed by atoms with Crippen molar-refractivity contribution < 1.29 is 9.53 Å². The summed E-state index contributed by atoms with van der Waals surface area (Å²) < 4.78 is 4.65. The van der Waals surface area contributed by atoms with Crippen molar-refractivity contribution >= 4 is 5.97 Å². The van der Waals surface area contributed by atoms with Crippen LogP contribution >= 0.6 is 0 Å². The van der Waals surface area contributed by atoms with E-state index in [-0.39, 0.29) is 16.9 Å². The van der Waals surface area contributed by atoms with E-state index in [0.717, 1.165) is 12.8 Å². The van der Waals surface area contributed by atoms with Crippen LogP contribution in [0.15, 0.2) is 0 Å². The standard InChI is InChI=1S/C9H15NO2/c1-6-8(3-7(11)12-2)4-9(6,10)5-8/h6H,3-5,10H2,1-2H3/t6-,8?,9?/m0/s1. The van der Waals surface area contributed by atoms with Gasteiger partial charge in [0.15, 0.2) is 0 Å². The first kappa shape index (κ1) is 8.05. The van der Waals surface area contributed by atoms with E-state index in [4.69, 9.17) is 5.73 Å². The Bertz CT molecular complexity index is 231. The van der Waals surface area contributed by atoms with Crippen LogP contribution in [0.3, 0.4) is 0 Å². The van der Waals surface area contributed by atoms with Crippen LogP contribution in [0.1, 0.15) is 26.2 Å². The number of esters is 1. The SMILES string of the molecule is COC(=O)CC12CC(N)(C1)[C@H]2C. The van der Waals surface area contributed by atoms with Crippen molar-refractivity contribution in [1.29, 1.82) is 0 Å². The van der Waals surface area contributed by atoms with Gasteiger partial charge in [-0.2, -0.15) is 0 Å². The molecule has 12 heavy (non-hydrogen) atoms. The van der Waals surface area contributed by atoms with Crippen molar-refractivity contribution in [3.63, 3.8) is 0 Å². The molecule has 2 N–H and O–H groups in total. The predicted molar refractivity (Wildman–Crippen MR) is 44.4 cm³/mol. The van der Waals surface area contributed by atoms with Gasteiger partial charge in [0.2, 0.25) is 0 Å². The number of carbonyl (C=O) groups is 1. The van der Waals surface area contributed by atoms with Crippen LogP contribution in [-0.4, -0.2) is 18.6 Å². The third-order valence-electron chi connectivity index (χ3n) is 3.87. The average Bonchev–Trinajstić information content (AvgIpc) is 2.02. The molecule has 3 nitrogen and oxygen atoms in total. The van der Waals surface area contributed by atoms with Crippen molar-refractivity contribution in [2.45, 2.75) is 31.7 Å². The lowest BCUT2D eigenvalue weighted by molar-refractivity contribution is -0.212. The highest BCUT2D eigenvalue weighted by molar-refractivity contribution is 5.71. The number of rotatable bonds is 2. The summed E-state index contributed by atoms with van der Waals surface area (Å²) in [5.41, 5.74) is 6.25. The number of hydrogen-bond acceptors (Lipinski definition) is 3. The van der Waals surface area contributed by atoms with Crippen LogP contribution in [0.2, 0.25) is 0 Å². The van der Waals surface area contributed by atoms with Crippen molar-refractivity contribution in [3.8, 4) is 0 Å². The van der Waals surface area contributed by atoms with Gasteiger partial charge in [-0.25, -0.2) is 0 Å². The fraction of sp³-hybridized carbons (Fsp3) is 0.889. The van der Waals surface area contributed by atoms with E-state index in [9.17, 15) is 4.79 Å². The minimum Gasteiger partial charge on any atom is -0.469 e. The molecule has 0 spiro atoms. The summed E-state index contributed by atoms with van der Waals surface area (Å²) in [4.78, 5) is 11.0. The molecule has 3 aliphatic rings. The zero-order valence-electron chi connectivity index (χ0n) is 7.59. The van der Waals surface area contributed by atoms with E-state index in [1.165, 1.54) is 7.11 Å². The molecule has 0 heterocycles. The van der Waals surface area contributed by atoms with Crippen LogP contribution < -0.4 is 5.73 Å². The van der Waals surface area contributed by atoms with Crippen LogP contribution in [0.4, 0.5) is 0 Å². The first-order valence-electron chi connectivity index (χ1n) is 4.38. The zero-order chi connectivity index (χ0) is 8.98. The van der Waals surface area contributed by atoms with Crippen molar-refractivity contribution in [3.05, 3.63) is 0 Å². The maximum Gasteiger partial charge on any atom is 0.306 e. The van der Waals surface area contributed by atoms with E-state index in [2.05, 4.69) is 11.7 Å². The Morgan fingerprint density at radius 3 is 2.58 bits per heavy atom. The molecular formula is C9H15NO2. The lowest BCUT2D eigenvalue weighted by Gasteiger charge is -2.74. The lowest BCUT2D eigenvalue weighted by Crippen LogP contribution is -2.79. The molecule has 0 radical (unpaired) electrons. The molecule has 0 saturated heterocycles. The Morgan fingerprint density at radius 2 is 2.25 bits per heavy atom. The van der Waals surface area contributed by atoms with Gasteiger partial charge in [-0.15, -0.1) is 0 Å². The number of hydrogen-bond donors (Lipinski definition) is 1. The Hall–Kier alpha value is -0.570. The Morgan fingerprint density at radius 1 is 1.67 bits per heavy atom. The second kappa shape index (κ2) is 2.02. The summed E-state index contributed by atoms with van der Waals surface area (Å²) in [5.74, 6) is 0.410. The fourth-order valence-corrected chi connectivity index (χ4v) is 2.86. The van der Waals surface area contributed by atoms with Crippen LogP contribution in [0.5, 0.6) is 0 Å². The summed E-state index contributed by atoms with van der Waals surface area (Å²) in [6.45, 7) is 2.13. The maximum absolute atomic E-state index is 11.0. The van der Waals surface area contributed by atoms with Crippen LogP contribution in [0.25, 0.3) is 0 Å². The summed E-state index contributed by atoms with van der Waals surface area (Å²) in [6, 6.07) is 0. The molecule has 0 aromatic rings. The molecule has 2 bridgehead atoms. The summed E-state index contributed by atoms with van der Waals surface area (Å²) >= 11 is 0. The molecule has 1 atom stereocenters. The highest BCUT2D eigenvalue weighted by atomic mass is 16.5. The maximum atomic E-state index is 11.0. The monoisotopic (exact) mass is 169 g/mol. The molecule has 0 amide bonds. The highest BCUT2D eigenvalue weighted by Crippen LogP contribution is 2.71. The van der Waals surface area contributed by atoms with E-state index in [1.54, 1.807) is 0 Å². The Balaban J connectivity index is 1.96. The molecule has 3 fully saturated rings. The number of methoxy groups -OCH3 is 1. The van der Waals surface area contributed by atoms with Gasteiger partial charge >= 0.3 is 5.97 Å². The first-order chi connectivity index (χ1) is 5.52. The fourth-order valence-electron chi connectivity index (χ4n) is 2.86. The molecule has 3 saturated carbocycles. The van der Waals surface area contributed by atoms with Gasteiger partial charge < -0.3 is 10.5 Å². The van der Waals surface area contributed by atoms with Gasteiger partial charge in [0.05, 0.1) is 13.5 Å². The van der Waals surface area contributed by atoms with E-state index in [0.29, 0.717) is 12.3 Å². The molecule has 0 unspecified atom stereocenters. The van der Waals surface area contributed by atoms with Crippen LogP contribution in [-0.2, 0) is 9.53 Å². The second-order valence-electron chi connectivity index (χ2n) is 4.42. The third-order valence-corrected chi connectivity index (χ3v) is 3.87. The average molecular weight is 169 g/mol. The van der Waals surface area contributed by atoms with Crippen molar-refractivity contribution in [2.75, 3.05) is 7.11 Å². The summed E-state index contributed by atoms with van der Waals surface area (Å²) in [6.07, 6.45) is 2.58. The van der Waals surface area contributed by atoms with Crippen molar-refractivity contribution in [1.82, 2.24) is 0 Å². The first-order valence-corrected chi connectivity index (χ1v) is 4.38. The predicted octanol–water partition coefficient (Wildman–Crippen LogP) is 0.677. The van der Waals surface area contributed by atoms with Gasteiger partial charge in [0, 0.05) is 5.54 Å². The Kier molecular flexibility index (Phi) is 1.35. The molecular weight excluding hydrogens is 154 g/mol. The molecule has 0 aliphatic heterocycles. The number of ether oxygens (including phenoxy) is 1. The van der Waals surface area contributed by atoms with Gasteiger partial charge in [0.1, 0.15) is 0 Å². The van der Waals surface area contributed by atoms with Gasteiger partial charge in [-0.1, -0.05) is 6.92 Å². The third kappa shape index (κ3) is 0.724. The molecule has 0 aromatic heterocycles. The minimum absolute atomic E-state index is 0.0635. The lowest BCUT2D eigenvalue weighted by atomic mass is 9.33. The molecule has 68 valence electrons. The number of nitrogens with two attached hydrogens (primary N) is 1. The molecule has 3 rings (SSSR count). The number of carbonyl (C=O) groups excluding carboxylic acids is 1. The second-order valence-corrected chi connectivity index (χ2v) is 4.42. The molecule has 0 aromatic carbocycles. The van der Waals surface area contributed by atoms with Gasteiger partial charge in [-0.05, 0) is 24.2 Å². The van der Waals surface area contributed by atoms with E-state index < -0.39 is 0 Å². The highest BCUT2D eigenvalue weighted by Gasteiger charge is 2.71. The van der Waals surface area contributed by atoms with Gasteiger partial charge in [-0.3, -0.25) is 4.79 Å². The normalized spacial score (nSPS) is 49.1. The molecule has 3 heteroatoms. The summed E-state index contributed by atoms with van der Waals surface area (Å²) in [7, 11) is 1.44. The summed E-state index contributed by atoms with van der Waals surface area (Å²) in [5, 5.41) is 0. The minimum atomic E-state index is -0.0939. The quantitative estimate of drug-likeness (QED) is 0.618. The Labute approximate surface area is 72.3 Å².